The van der Waals surface area contributed by atoms with Crippen molar-refractivity contribution in [2.75, 3.05) is 13.3 Å². The molecule has 0 amide bonds. The molecule has 0 unspecified atom stereocenters. The van der Waals surface area contributed by atoms with Crippen LogP contribution in [0.15, 0.2) is 59.5 Å². The normalized spacial score (nSPS) is 22.4. The summed E-state index contributed by atoms with van der Waals surface area (Å²) in [5, 5.41) is 0. The van der Waals surface area contributed by atoms with Gasteiger partial charge in [-0.05, 0) is 37.0 Å². The smallest absolute Gasteiger partial charge is 0.245 e. The van der Waals surface area contributed by atoms with Crippen LogP contribution in [-0.2, 0) is 21.2 Å². The van der Waals surface area contributed by atoms with Crippen LogP contribution in [0.25, 0.3) is 0 Å². The quantitative estimate of drug-likeness (QED) is 0.855. The average molecular weight is 345 g/mol. The number of ether oxygens (including phenoxy) is 1. The lowest BCUT2D eigenvalue weighted by atomic mass is 9.95. The maximum absolute atomic E-state index is 13.1. The van der Waals surface area contributed by atoms with Gasteiger partial charge in [-0.15, -0.1) is 0 Å². The minimum atomic E-state index is -3.57. The Morgan fingerprint density at radius 2 is 1.75 bits per heavy atom. The lowest BCUT2D eigenvalue weighted by Gasteiger charge is -2.38. The van der Waals surface area contributed by atoms with Crippen LogP contribution in [0.4, 0.5) is 0 Å². The predicted molar refractivity (Wildman–Crippen MR) is 94.1 cm³/mol. The second-order valence-electron chi connectivity index (χ2n) is 6.44. The zero-order chi connectivity index (χ0) is 17.2. The standard InChI is InChI=1S/C19H23NO3S/c1-15-8-10-18(11-9-15)24(21,22)20-14-23-13-16(2)19(20)12-17-6-4-3-5-7-17/h3-11,16,19H,12-14H2,1-2H3/t16-,19+/m0/s1. The zero-order valence-corrected chi connectivity index (χ0v) is 14.9. The summed E-state index contributed by atoms with van der Waals surface area (Å²) in [6.45, 7) is 4.68. The predicted octanol–water partition coefficient (Wildman–Crippen LogP) is 3.22. The molecule has 1 fully saturated rings. The zero-order valence-electron chi connectivity index (χ0n) is 14.1. The van der Waals surface area contributed by atoms with Gasteiger partial charge in [0.15, 0.2) is 0 Å². The molecule has 2 atom stereocenters. The lowest BCUT2D eigenvalue weighted by molar-refractivity contribution is -0.0336. The number of benzene rings is 2. The fourth-order valence-corrected chi connectivity index (χ4v) is 4.67. The minimum Gasteiger partial charge on any atom is -0.365 e. The van der Waals surface area contributed by atoms with Crippen molar-refractivity contribution >= 4 is 10.0 Å². The van der Waals surface area contributed by atoms with Gasteiger partial charge in [-0.1, -0.05) is 55.0 Å². The maximum atomic E-state index is 13.1. The van der Waals surface area contributed by atoms with Crippen LogP contribution in [0, 0.1) is 12.8 Å². The number of hydrogen-bond donors (Lipinski definition) is 0. The first-order chi connectivity index (χ1) is 11.5. The monoisotopic (exact) mass is 345 g/mol. The van der Waals surface area contributed by atoms with Gasteiger partial charge < -0.3 is 4.74 Å². The Labute approximate surface area is 144 Å². The molecule has 5 heteroatoms. The molecule has 0 aliphatic carbocycles. The van der Waals surface area contributed by atoms with Gasteiger partial charge in [0, 0.05) is 6.04 Å². The third-order valence-electron chi connectivity index (χ3n) is 4.54. The Kier molecular flexibility index (Phi) is 5.04. The first-order valence-electron chi connectivity index (χ1n) is 8.18. The van der Waals surface area contributed by atoms with E-state index in [-0.39, 0.29) is 18.7 Å². The summed E-state index contributed by atoms with van der Waals surface area (Å²) in [5.41, 5.74) is 2.18. The molecule has 0 bridgehead atoms. The van der Waals surface area contributed by atoms with Crippen molar-refractivity contribution in [3.05, 3.63) is 65.7 Å². The Morgan fingerprint density at radius 3 is 2.42 bits per heavy atom. The van der Waals surface area contributed by atoms with Gasteiger partial charge in [-0.25, -0.2) is 8.42 Å². The van der Waals surface area contributed by atoms with Crippen molar-refractivity contribution in [1.82, 2.24) is 4.31 Å². The van der Waals surface area contributed by atoms with Crippen molar-refractivity contribution in [3.8, 4) is 0 Å². The first kappa shape index (κ1) is 17.1. The molecule has 1 aliphatic rings. The highest BCUT2D eigenvalue weighted by molar-refractivity contribution is 7.89. The Balaban J connectivity index is 1.92. The largest absolute Gasteiger partial charge is 0.365 e. The molecule has 24 heavy (non-hydrogen) atoms. The molecule has 0 saturated carbocycles. The van der Waals surface area contributed by atoms with Crippen molar-refractivity contribution in [2.45, 2.75) is 31.2 Å². The van der Waals surface area contributed by atoms with E-state index in [1.54, 1.807) is 12.1 Å². The summed E-state index contributed by atoms with van der Waals surface area (Å²) in [5.74, 6) is 0.138. The SMILES string of the molecule is Cc1ccc(S(=O)(=O)N2COC[C@H](C)[C@H]2Cc2ccccc2)cc1. The number of rotatable bonds is 4. The molecule has 0 radical (unpaired) electrons. The fraction of sp³-hybridized carbons (Fsp3) is 0.368. The van der Waals surface area contributed by atoms with Crippen LogP contribution < -0.4 is 0 Å². The summed E-state index contributed by atoms with van der Waals surface area (Å²) >= 11 is 0. The molecule has 128 valence electrons. The molecular weight excluding hydrogens is 322 g/mol. The minimum absolute atomic E-state index is 0.104. The van der Waals surface area contributed by atoms with Crippen LogP contribution in [0.5, 0.6) is 0 Å². The van der Waals surface area contributed by atoms with E-state index in [0.717, 1.165) is 11.1 Å². The van der Waals surface area contributed by atoms with Gasteiger partial charge in [-0.3, -0.25) is 0 Å². The molecule has 1 aliphatic heterocycles. The molecule has 1 saturated heterocycles. The second kappa shape index (κ2) is 7.05. The molecule has 1 heterocycles. The van der Waals surface area contributed by atoms with E-state index in [0.29, 0.717) is 17.9 Å². The fourth-order valence-electron chi connectivity index (χ4n) is 3.07. The molecular formula is C19H23NO3S. The van der Waals surface area contributed by atoms with Crippen LogP contribution in [0.2, 0.25) is 0 Å². The van der Waals surface area contributed by atoms with Gasteiger partial charge in [0.1, 0.15) is 6.73 Å². The van der Waals surface area contributed by atoms with Crippen LogP contribution in [0.3, 0.4) is 0 Å². The lowest BCUT2D eigenvalue weighted by Crippen LogP contribution is -2.51. The second-order valence-corrected chi connectivity index (χ2v) is 8.33. The summed E-state index contributed by atoms with van der Waals surface area (Å²) in [4.78, 5) is 0.323. The Hall–Kier alpha value is -1.69. The summed E-state index contributed by atoms with van der Waals surface area (Å²) < 4.78 is 33.2. The van der Waals surface area contributed by atoms with E-state index in [1.165, 1.54) is 4.31 Å². The van der Waals surface area contributed by atoms with Crippen LogP contribution in [-0.4, -0.2) is 32.1 Å². The molecule has 0 spiro atoms. The highest BCUT2D eigenvalue weighted by Gasteiger charge is 2.37. The third-order valence-corrected chi connectivity index (χ3v) is 6.40. The van der Waals surface area contributed by atoms with Gasteiger partial charge >= 0.3 is 0 Å². The van der Waals surface area contributed by atoms with E-state index in [4.69, 9.17) is 4.74 Å². The molecule has 3 rings (SSSR count). The Morgan fingerprint density at radius 1 is 1.08 bits per heavy atom. The molecule has 2 aromatic carbocycles. The molecule has 0 aromatic heterocycles. The van der Waals surface area contributed by atoms with Crippen molar-refractivity contribution in [1.29, 1.82) is 0 Å². The maximum Gasteiger partial charge on any atom is 0.245 e. The van der Waals surface area contributed by atoms with Crippen molar-refractivity contribution < 1.29 is 13.2 Å². The van der Waals surface area contributed by atoms with E-state index in [9.17, 15) is 8.42 Å². The number of hydrogen-bond acceptors (Lipinski definition) is 3. The van der Waals surface area contributed by atoms with Crippen molar-refractivity contribution in [3.63, 3.8) is 0 Å². The highest BCUT2D eigenvalue weighted by Crippen LogP contribution is 2.28. The third kappa shape index (κ3) is 3.53. The van der Waals surface area contributed by atoms with Gasteiger partial charge in [0.25, 0.3) is 0 Å². The van der Waals surface area contributed by atoms with Gasteiger partial charge in [0.05, 0.1) is 11.5 Å². The number of sulfonamides is 1. The topological polar surface area (TPSA) is 46.6 Å². The van der Waals surface area contributed by atoms with Crippen molar-refractivity contribution in [2.24, 2.45) is 5.92 Å². The number of aryl methyl sites for hydroxylation is 1. The van der Waals surface area contributed by atoms with E-state index in [2.05, 4.69) is 0 Å². The Bertz CT molecular complexity index is 772. The highest BCUT2D eigenvalue weighted by atomic mass is 32.2. The van der Waals surface area contributed by atoms with Gasteiger partial charge in [0.2, 0.25) is 10.0 Å². The summed E-state index contributed by atoms with van der Waals surface area (Å²) in [7, 11) is -3.57. The van der Waals surface area contributed by atoms with E-state index in [1.807, 2.05) is 56.3 Å². The average Bonchev–Trinajstić information content (AvgIpc) is 2.58. The molecule has 2 aromatic rings. The van der Waals surface area contributed by atoms with E-state index < -0.39 is 10.0 Å². The molecule has 4 nitrogen and oxygen atoms in total. The van der Waals surface area contributed by atoms with Gasteiger partial charge in [-0.2, -0.15) is 4.31 Å². The van der Waals surface area contributed by atoms with Crippen LogP contribution >= 0.6 is 0 Å². The first-order valence-corrected chi connectivity index (χ1v) is 9.62. The molecule has 0 N–H and O–H groups in total. The van der Waals surface area contributed by atoms with E-state index >= 15 is 0 Å². The summed E-state index contributed by atoms with van der Waals surface area (Å²) in [6, 6.07) is 16.9. The number of nitrogens with zero attached hydrogens (tertiary/aromatic N) is 1. The van der Waals surface area contributed by atoms with Crippen LogP contribution in [0.1, 0.15) is 18.1 Å². The summed E-state index contributed by atoms with van der Waals surface area (Å²) in [6.07, 6.45) is 0.691.